The Bertz CT molecular complexity index is 1190. The second-order valence-electron chi connectivity index (χ2n) is 6.65. The summed E-state index contributed by atoms with van der Waals surface area (Å²) in [4.78, 5) is 24.4. The van der Waals surface area contributed by atoms with Gasteiger partial charge in [-0.2, -0.15) is 0 Å². The first-order chi connectivity index (χ1) is 15.6. The monoisotopic (exact) mass is 467 g/mol. The molecule has 2 amide bonds. The first-order valence-electron chi connectivity index (χ1n) is 9.59. The number of nitrogens with one attached hydrogen (secondary N) is 2. The highest BCUT2D eigenvalue weighted by Crippen LogP contribution is 2.25. The van der Waals surface area contributed by atoms with Gasteiger partial charge in [0.1, 0.15) is 0 Å². The zero-order valence-corrected chi connectivity index (χ0v) is 18.3. The van der Waals surface area contributed by atoms with Crippen LogP contribution in [0.2, 0.25) is 5.02 Å². The van der Waals surface area contributed by atoms with E-state index in [9.17, 15) is 9.59 Å². The number of aromatic nitrogens is 3. The third-order valence-corrected chi connectivity index (χ3v) is 5.61. The van der Waals surface area contributed by atoms with Crippen LogP contribution in [0.5, 0.6) is 0 Å². The Morgan fingerprint density at radius 1 is 0.969 bits per heavy atom. The minimum Gasteiger partial charge on any atom is -0.461 e. The Morgan fingerprint density at radius 2 is 1.75 bits per heavy atom. The fourth-order valence-corrected chi connectivity index (χ4v) is 3.72. The summed E-state index contributed by atoms with van der Waals surface area (Å²) in [5.74, 6) is 0.364. The third-order valence-electron chi connectivity index (χ3n) is 4.40. The predicted molar refractivity (Wildman–Crippen MR) is 121 cm³/mol. The molecule has 2 aromatic heterocycles. The van der Waals surface area contributed by atoms with Crippen LogP contribution in [0.25, 0.3) is 11.6 Å². The Labute approximate surface area is 193 Å². The number of rotatable bonds is 7. The van der Waals surface area contributed by atoms with E-state index in [1.54, 1.807) is 42.7 Å². The highest BCUT2D eigenvalue weighted by atomic mass is 35.5. The molecule has 0 aliphatic rings. The molecule has 32 heavy (non-hydrogen) atoms. The van der Waals surface area contributed by atoms with Gasteiger partial charge >= 0.3 is 0 Å². The zero-order chi connectivity index (χ0) is 22.3. The number of benzene rings is 2. The molecule has 0 atom stereocenters. The van der Waals surface area contributed by atoms with Crippen molar-refractivity contribution in [1.82, 2.24) is 25.6 Å². The van der Waals surface area contributed by atoms with Crippen molar-refractivity contribution < 1.29 is 14.0 Å². The maximum absolute atomic E-state index is 12.3. The van der Waals surface area contributed by atoms with Gasteiger partial charge in [-0.15, -0.1) is 10.2 Å². The van der Waals surface area contributed by atoms with Crippen LogP contribution in [-0.4, -0.2) is 32.3 Å². The van der Waals surface area contributed by atoms with E-state index < -0.39 is 5.91 Å². The van der Waals surface area contributed by atoms with E-state index >= 15 is 0 Å². The molecule has 2 N–H and O–H groups in total. The first kappa shape index (κ1) is 21.7. The van der Waals surface area contributed by atoms with Gasteiger partial charge in [-0.3, -0.25) is 25.0 Å². The number of halogens is 1. The van der Waals surface area contributed by atoms with Crippen molar-refractivity contribution >= 4 is 35.2 Å². The molecule has 10 heteroatoms. The molecule has 0 saturated heterocycles. The lowest BCUT2D eigenvalue weighted by atomic mass is 10.2. The molecule has 0 saturated carbocycles. The number of hydrazine groups is 1. The Balaban J connectivity index is 1.40. The molecule has 4 rings (SSSR count). The molecular formula is C22H18ClN5O3S. The molecule has 0 spiro atoms. The van der Waals surface area contributed by atoms with Crippen LogP contribution in [0.15, 0.2) is 82.6 Å². The first-order valence-corrected chi connectivity index (χ1v) is 10.9. The summed E-state index contributed by atoms with van der Waals surface area (Å²) in [6.07, 6.45) is 1.57. The summed E-state index contributed by atoms with van der Waals surface area (Å²) in [6.45, 7) is 0.515. The zero-order valence-electron chi connectivity index (χ0n) is 16.7. The molecule has 0 bridgehead atoms. The SMILES string of the molecule is O=C(CSc1nnc(-c2ccco2)n1Cc1ccccc1)NNC(=O)c1ccc(Cl)cc1. The van der Waals surface area contributed by atoms with E-state index in [2.05, 4.69) is 21.0 Å². The van der Waals surface area contributed by atoms with Crippen molar-refractivity contribution in [2.75, 3.05) is 5.75 Å². The van der Waals surface area contributed by atoms with E-state index in [1.807, 2.05) is 34.9 Å². The van der Waals surface area contributed by atoms with Gasteiger partial charge in [-0.25, -0.2) is 0 Å². The van der Waals surface area contributed by atoms with E-state index in [-0.39, 0.29) is 11.7 Å². The fraction of sp³-hybridized carbons (Fsp3) is 0.0909. The van der Waals surface area contributed by atoms with Crippen LogP contribution in [0.4, 0.5) is 0 Å². The van der Waals surface area contributed by atoms with Crippen molar-refractivity contribution in [2.45, 2.75) is 11.7 Å². The maximum Gasteiger partial charge on any atom is 0.269 e. The van der Waals surface area contributed by atoms with Crippen LogP contribution >= 0.6 is 23.4 Å². The smallest absolute Gasteiger partial charge is 0.269 e. The van der Waals surface area contributed by atoms with Crippen molar-refractivity contribution in [3.05, 3.63) is 89.1 Å². The van der Waals surface area contributed by atoms with Crippen molar-refractivity contribution in [3.63, 3.8) is 0 Å². The van der Waals surface area contributed by atoms with Crippen LogP contribution in [0.3, 0.4) is 0 Å². The van der Waals surface area contributed by atoms with E-state index in [1.165, 1.54) is 11.8 Å². The molecular weight excluding hydrogens is 450 g/mol. The molecule has 0 unspecified atom stereocenters. The summed E-state index contributed by atoms with van der Waals surface area (Å²) < 4.78 is 7.37. The van der Waals surface area contributed by atoms with Gasteiger partial charge in [0.15, 0.2) is 10.9 Å². The van der Waals surface area contributed by atoms with Gasteiger partial charge in [0.2, 0.25) is 11.7 Å². The minimum absolute atomic E-state index is 0.0337. The highest BCUT2D eigenvalue weighted by Gasteiger charge is 2.18. The highest BCUT2D eigenvalue weighted by molar-refractivity contribution is 7.99. The Kier molecular flexibility index (Phi) is 6.88. The average Bonchev–Trinajstić information content (AvgIpc) is 3.47. The summed E-state index contributed by atoms with van der Waals surface area (Å²) in [7, 11) is 0. The predicted octanol–water partition coefficient (Wildman–Crippen LogP) is 3.79. The van der Waals surface area contributed by atoms with Gasteiger partial charge in [-0.1, -0.05) is 53.7 Å². The molecule has 8 nitrogen and oxygen atoms in total. The Morgan fingerprint density at radius 3 is 2.47 bits per heavy atom. The number of carbonyl (C=O) groups excluding carboxylic acids is 2. The van der Waals surface area contributed by atoms with Crippen molar-refractivity contribution in [2.24, 2.45) is 0 Å². The quantitative estimate of drug-likeness (QED) is 0.316. The maximum atomic E-state index is 12.3. The minimum atomic E-state index is -0.438. The molecule has 162 valence electrons. The summed E-state index contributed by atoms with van der Waals surface area (Å²) in [6, 6.07) is 19.8. The second kappa shape index (κ2) is 10.2. The third kappa shape index (κ3) is 5.37. The van der Waals surface area contributed by atoms with Gasteiger partial charge in [0.05, 0.1) is 18.6 Å². The van der Waals surface area contributed by atoms with Gasteiger partial charge in [-0.05, 0) is 42.0 Å². The van der Waals surface area contributed by atoms with E-state index in [4.69, 9.17) is 16.0 Å². The largest absolute Gasteiger partial charge is 0.461 e. The number of carbonyl (C=O) groups is 2. The number of hydrogen-bond acceptors (Lipinski definition) is 6. The summed E-state index contributed by atoms with van der Waals surface area (Å²) >= 11 is 7.03. The van der Waals surface area contributed by atoms with E-state index in [0.717, 1.165) is 5.56 Å². The summed E-state index contributed by atoms with van der Waals surface area (Å²) in [5.41, 5.74) is 6.22. The van der Waals surface area contributed by atoms with Gasteiger partial charge in [0, 0.05) is 10.6 Å². The van der Waals surface area contributed by atoms with Gasteiger partial charge in [0.25, 0.3) is 5.91 Å². The number of furan rings is 1. The molecule has 0 aliphatic carbocycles. The number of nitrogens with zero attached hydrogens (tertiary/aromatic N) is 3. The standard InChI is InChI=1S/C22H18ClN5O3S/c23-17-10-8-16(9-11-17)21(30)26-24-19(29)14-32-22-27-25-20(18-7-4-12-31-18)28(22)13-15-5-2-1-3-6-15/h1-12H,13-14H2,(H,24,29)(H,26,30). The van der Waals surface area contributed by atoms with Crippen molar-refractivity contribution in [3.8, 4) is 11.6 Å². The molecule has 0 radical (unpaired) electrons. The Hall–Kier alpha value is -3.56. The van der Waals surface area contributed by atoms with Crippen LogP contribution < -0.4 is 10.9 Å². The molecule has 2 aromatic carbocycles. The molecule has 0 fully saturated rings. The molecule has 0 aliphatic heterocycles. The lowest BCUT2D eigenvalue weighted by Crippen LogP contribution is -2.42. The van der Waals surface area contributed by atoms with Crippen molar-refractivity contribution in [1.29, 1.82) is 0 Å². The number of thioether (sulfide) groups is 1. The summed E-state index contributed by atoms with van der Waals surface area (Å²) in [5, 5.41) is 9.55. The number of amides is 2. The lowest BCUT2D eigenvalue weighted by molar-refractivity contribution is -0.119. The average molecular weight is 468 g/mol. The lowest BCUT2D eigenvalue weighted by Gasteiger charge is -2.10. The van der Waals surface area contributed by atoms with Crippen LogP contribution in [0.1, 0.15) is 15.9 Å². The molecule has 4 aromatic rings. The topological polar surface area (TPSA) is 102 Å². The van der Waals surface area contributed by atoms with Crippen LogP contribution in [-0.2, 0) is 11.3 Å². The molecule has 2 heterocycles. The number of hydrogen-bond donors (Lipinski definition) is 2. The fourth-order valence-electron chi connectivity index (χ4n) is 2.86. The normalized spacial score (nSPS) is 10.7. The van der Waals surface area contributed by atoms with Gasteiger partial charge < -0.3 is 4.42 Å². The van der Waals surface area contributed by atoms with E-state index in [0.29, 0.717) is 33.9 Å². The second-order valence-corrected chi connectivity index (χ2v) is 8.03. The van der Waals surface area contributed by atoms with Crippen LogP contribution in [0, 0.1) is 0 Å².